The zero-order valence-electron chi connectivity index (χ0n) is 14.8. The number of hydrogen-bond acceptors (Lipinski definition) is 6. The number of carbonyl (C=O) groups excluding carboxylic acids is 2. The van der Waals surface area contributed by atoms with Gasteiger partial charge in [0.2, 0.25) is 10.0 Å². The van der Waals surface area contributed by atoms with Crippen molar-refractivity contribution in [3.8, 4) is 0 Å². The molecule has 8 nitrogen and oxygen atoms in total. The summed E-state index contributed by atoms with van der Waals surface area (Å²) in [4.78, 5) is 23.6. The smallest absolute Gasteiger partial charge is 0.306 e. The van der Waals surface area contributed by atoms with Crippen molar-refractivity contribution in [2.45, 2.75) is 17.7 Å². The number of benzene rings is 1. The number of aryl methyl sites for hydroxylation is 1. The Kier molecular flexibility index (Phi) is 7.00. The Morgan fingerprint density at radius 3 is 2.63 bits per heavy atom. The summed E-state index contributed by atoms with van der Waals surface area (Å²) in [5.74, 6) is -0.554. The molecule has 1 aromatic heterocycles. The summed E-state index contributed by atoms with van der Waals surface area (Å²) in [5.41, 5.74) is 0.108. The average Bonchev–Trinajstić information content (AvgIpc) is 3.13. The Labute approximate surface area is 162 Å². The van der Waals surface area contributed by atoms with Gasteiger partial charge < -0.3 is 14.5 Å². The molecule has 0 fully saturated rings. The topological polar surface area (TPSA) is 106 Å². The van der Waals surface area contributed by atoms with Gasteiger partial charge in [0.05, 0.1) is 28.3 Å². The molecule has 146 valence electrons. The number of halogens is 1. The van der Waals surface area contributed by atoms with Crippen LogP contribution in [0.25, 0.3) is 0 Å². The molecule has 0 atom stereocenters. The molecule has 0 saturated heterocycles. The minimum atomic E-state index is -3.68. The van der Waals surface area contributed by atoms with Crippen molar-refractivity contribution >= 4 is 39.2 Å². The highest BCUT2D eigenvalue weighted by Crippen LogP contribution is 2.26. The van der Waals surface area contributed by atoms with Gasteiger partial charge in [-0.05, 0) is 30.3 Å². The van der Waals surface area contributed by atoms with Crippen molar-refractivity contribution in [1.29, 1.82) is 0 Å². The van der Waals surface area contributed by atoms with Crippen molar-refractivity contribution in [2.75, 3.05) is 26.0 Å². The van der Waals surface area contributed by atoms with Crippen LogP contribution >= 0.6 is 11.6 Å². The third kappa shape index (κ3) is 5.81. The van der Waals surface area contributed by atoms with Crippen LogP contribution in [0.1, 0.15) is 12.2 Å². The standard InChI is InChI=1S/C17H19ClN2O6S/c1-20(2)27(23,24)13-6-7-14(18)15(10-13)19-16(21)11-26-17(22)8-5-12-4-3-9-25-12/h3-4,6-7,9-10H,5,8,11H2,1-2H3,(H,19,21). The van der Waals surface area contributed by atoms with Gasteiger partial charge in [-0.1, -0.05) is 11.6 Å². The van der Waals surface area contributed by atoms with Crippen LogP contribution in [0.15, 0.2) is 45.9 Å². The monoisotopic (exact) mass is 414 g/mol. The van der Waals surface area contributed by atoms with Crippen molar-refractivity contribution in [3.63, 3.8) is 0 Å². The lowest BCUT2D eigenvalue weighted by Crippen LogP contribution is -2.23. The quantitative estimate of drug-likeness (QED) is 0.664. The molecule has 0 saturated carbocycles. The normalized spacial score (nSPS) is 11.4. The zero-order chi connectivity index (χ0) is 20.0. The van der Waals surface area contributed by atoms with Crippen LogP contribution in [-0.2, 0) is 30.8 Å². The molecule has 1 heterocycles. The molecule has 0 bridgehead atoms. The minimum absolute atomic E-state index is 0.0253. The number of esters is 1. The predicted molar refractivity (Wildman–Crippen MR) is 98.9 cm³/mol. The molecule has 2 aromatic rings. The van der Waals surface area contributed by atoms with Crippen LogP contribution < -0.4 is 5.32 Å². The predicted octanol–water partition coefficient (Wildman–Crippen LogP) is 2.30. The number of sulfonamides is 1. The van der Waals surface area contributed by atoms with Gasteiger partial charge in [0.25, 0.3) is 5.91 Å². The lowest BCUT2D eigenvalue weighted by Gasteiger charge is -2.14. The summed E-state index contributed by atoms with van der Waals surface area (Å²) in [6, 6.07) is 7.39. The van der Waals surface area contributed by atoms with Gasteiger partial charge >= 0.3 is 5.97 Å². The van der Waals surface area contributed by atoms with E-state index in [4.69, 9.17) is 20.8 Å². The number of hydrogen-bond donors (Lipinski definition) is 1. The van der Waals surface area contributed by atoms with E-state index in [1.807, 2.05) is 0 Å². The van der Waals surface area contributed by atoms with E-state index in [0.717, 1.165) is 4.31 Å². The van der Waals surface area contributed by atoms with Crippen LogP contribution in [0.2, 0.25) is 5.02 Å². The van der Waals surface area contributed by atoms with Gasteiger partial charge in [-0.2, -0.15) is 0 Å². The summed E-state index contributed by atoms with van der Waals surface area (Å²) in [6.45, 7) is -0.516. The average molecular weight is 415 g/mol. The molecular formula is C17H19ClN2O6S. The third-order valence-electron chi connectivity index (χ3n) is 3.51. The number of rotatable bonds is 8. The lowest BCUT2D eigenvalue weighted by molar-refractivity contribution is -0.147. The van der Waals surface area contributed by atoms with Crippen molar-refractivity contribution in [3.05, 3.63) is 47.4 Å². The summed E-state index contributed by atoms with van der Waals surface area (Å²) in [5, 5.41) is 2.59. The molecule has 0 aliphatic rings. The first kappa shape index (κ1) is 20.9. The molecule has 1 N–H and O–H groups in total. The van der Waals surface area contributed by atoms with E-state index >= 15 is 0 Å². The molecule has 0 spiro atoms. The molecule has 0 aliphatic heterocycles. The Bertz CT molecular complexity index is 910. The van der Waals surface area contributed by atoms with E-state index in [1.54, 1.807) is 12.1 Å². The second kappa shape index (κ2) is 9.03. The number of ether oxygens (including phenoxy) is 1. The van der Waals surface area contributed by atoms with Crippen LogP contribution in [0.3, 0.4) is 0 Å². The molecule has 0 radical (unpaired) electrons. The van der Waals surface area contributed by atoms with Crippen LogP contribution in [0.5, 0.6) is 0 Å². The highest BCUT2D eigenvalue weighted by Gasteiger charge is 2.19. The number of nitrogens with one attached hydrogen (secondary N) is 1. The van der Waals surface area contributed by atoms with Crippen molar-refractivity contribution in [2.24, 2.45) is 0 Å². The third-order valence-corrected chi connectivity index (χ3v) is 5.65. The van der Waals surface area contributed by atoms with E-state index in [2.05, 4.69) is 5.32 Å². The van der Waals surface area contributed by atoms with Crippen LogP contribution in [-0.4, -0.2) is 45.3 Å². The number of furan rings is 1. The molecule has 10 heteroatoms. The number of carbonyl (C=O) groups is 2. The van der Waals surface area contributed by atoms with Crippen LogP contribution in [0, 0.1) is 0 Å². The molecule has 0 unspecified atom stereocenters. The fourth-order valence-electron chi connectivity index (χ4n) is 2.06. The van der Waals surface area contributed by atoms with Gasteiger partial charge in [0.1, 0.15) is 5.76 Å². The first-order chi connectivity index (χ1) is 12.7. The Morgan fingerprint density at radius 2 is 2.00 bits per heavy atom. The van der Waals surface area contributed by atoms with Gasteiger partial charge in [-0.3, -0.25) is 9.59 Å². The summed E-state index contributed by atoms with van der Waals surface area (Å²) >= 11 is 6.00. The first-order valence-corrected chi connectivity index (χ1v) is 9.72. The Balaban J connectivity index is 1.92. The molecule has 1 amide bonds. The first-order valence-electron chi connectivity index (χ1n) is 7.90. The van der Waals surface area contributed by atoms with E-state index in [9.17, 15) is 18.0 Å². The second-order valence-corrected chi connectivity index (χ2v) is 8.28. The zero-order valence-corrected chi connectivity index (χ0v) is 16.3. The highest BCUT2D eigenvalue weighted by molar-refractivity contribution is 7.89. The van der Waals surface area contributed by atoms with Crippen molar-refractivity contribution < 1.29 is 27.2 Å². The van der Waals surface area contributed by atoms with Gasteiger partial charge in [-0.25, -0.2) is 12.7 Å². The summed E-state index contributed by atoms with van der Waals surface area (Å²) < 4.78 is 35.4. The fourth-order valence-corrected chi connectivity index (χ4v) is 3.15. The number of nitrogens with zero attached hydrogens (tertiary/aromatic N) is 1. The maximum Gasteiger partial charge on any atom is 0.306 e. The largest absolute Gasteiger partial charge is 0.469 e. The molecule has 1 aromatic carbocycles. The van der Waals surface area contributed by atoms with E-state index in [0.29, 0.717) is 12.2 Å². The SMILES string of the molecule is CN(C)S(=O)(=O)c1ccc(Cl)c(NC(=O)COC(=O)CCc2ccco2)c1. The molecule has 0 aliphatic carbocycles. The van der Waals surface area contributed by atoms with E-state index in [-0.39, 0.29) is 22.0 Å². The highest BCUT2D eigenvalue weighted by atomic mass is 35.5. The number of anilines is 1. The molecule has 2 rings (SSSR count). The Hall–Kier alpha value is -2.36. The summed E-state index contributed by atoms with van der Waals surface area (Å²) in [7, 11) is -0.891. The second-order valence-electron chi connectivity index (χ2n) is 5.72. The van der Waals surface area contributed by atoms with E-state index < -0.39 is 28.5 Å². The van der Waals surface area contributed by atoms with Crippen LogP contribution in [0.4, 0.5) is 5.69 Å². The molecular weight excluding hydrogens is 396 g/mol. The van der Waals surface area contributed by atoms with Crippen molar-refractivity contribution in [1.82, 2.24) is 4.31 Å². The lowest BCUT2D eigenvalue weighted by atomic mass is 10.2. The number of amides is 1. The Morgan fingerprint density at radius 1 is 1.26 bits per heavy atom. The van der Waals surface area contributed by atoms with Gasteiger partial charge in [-0.15, -0.1) is 0 Å². The van der Waals surface area contributed by atoms with Gasteiger partial charge in [0, 0.05) is 20.5 Å². The fraction of sp³-hybridized carbons (Fsp3) is 0.294. The minimum Gasteiger partial charge on any atom is -0.469 e. The maximum absolute atomic E-state index is 12.2. The van der Waals surface area contributed by atoms with E-state index in [1.165, 1.54) is 38.6 Å². The van der Waals surface area contributed by atoms with Gasteiger partial charge in [0.15, 0.2) is 6.61 Å². The maximum atomic E-state index is 12.2. The molecule has 27 heavy (non-hydrogen) atoms. The summed E-state index contributed by atoms with van der Waals surface area (Å²) in [6.07, 6.45) is 1.93.